The van der Waals surface area contributed by atoms with Crippen LogP contribution in [0.4, 0.5) is 0 Å². The SMILES string of the molecule is [2H]c1c([2H])c([2H])c(-c2cc(-c3cccc(-c4c(-c5ccccc5)nc5ccccn45)c3)cc(-c3ccc4nc(-c5ccccc5)n(-c5ccccc5)c4c3)c2)c([2H])c1[2H]. The van der Waals surface area contributed by atoms with E-state index in [1.807, 2.05) is 115 Å². The van der Waals surface area contributed by atoms with E-state index in [9.17, 15) is 0 Å². The third-order valence-electron chi connectivity index (χ3n) is 9.80. The van der Waals surface area contributed by atoms with Gasteiger partial charge >= 0.3 is 0 Å². The second-order valence-corrected chi connectivity index (χ2v) is 13.2. The molecule has 10 aromatic rings. The highest BCUT2D eigenvalue weighted by molar-refractivity contribution is 5.90. The summed E-state index contributed by atoms with van der Waals surface area (Å²) >= 11 is 0. The van der Waals surface area contributed by atoms with E-state index in [1.54, 1.807) is 0 Å². The molecule has 0 aliphatic carbocycles. The summed E-state index contributed by atoms with van der Waals surface area (Å²) in [5.74, 6) is 0.816. The van der Waals surface area contributed by atoms with Crippen molar-refractivity contribution in [2.45, 2.75) is 0 Å². The lowest BCUT2D eigenvalue weighted by Crippen LogP contribution is -1.97. The first kappa shape index (κ1) is 26.5. The van der Waals surface area contributed by atoms with Crippen LogP contribution in [0, 0.1) is 0 Å². The number of aromatic nitrogens is 4. The quantitative estimate of drug-likeness (QED) is 0.166. The fourth-order valence-electron chi connectivity index (χ4n) is 7.29. The van der Waals surface area contributed by atoms with Gasteiger partial charge in [-0.3, -0.25) is 8.97 Å². The Morgan fingerprint density at radius 2 is 1.02 bits per heavy atom. The zero-order valence-electron chi connectivity index (χ0n) is 34.0. The molecule has 7 aromatic carbocycles. The van der Waals surface area contributed by atoms with Crippen molar-refractivity contribution in [1.29, 1.82) is 0 Å². The maximum atomic E-state index is 8.96. The molecule has 4 nitrogen and oxygen atoms in total. The maximum absolute atomic E-state index is 8.96. The molecule has 4 heteroatoms. The van der Waals surface area contributed by atoms with Crippen LogP contribution in [0.1, 0.15) is 6.85 Å². The monoisotopic (exact) mass is 695 g/mol. The molecule has 254 valence electrons. The molecule has 0 N–H and O–H groups in total. The molecule has 0 fully saturated rings. The standard InChI is InChI=1S/C50H34N4/c1-5-16-35(17-6-1)41-31-42(38-22-15-23-40(30-38)49-48(36-18-7-2-8-19-36)52-47-26-13-14-29-53(47)49)33-43(32-41)39-27-28-45-46(34-39)54(44-24-11-4-12-25-44)50(51-45)37-20-9-3-10-21-37/h1-34H/i1D,5D,6D,16D,17D. The smallest absolute Gasteiger partial charge is 0.145 e. The summed E-state index contributed by atoms with van der Waals surface area (Å²) in [4.78, 5) is 10.2. The van der Waals surface area contributed by atoms with Crippen LogP contribution in [0.5, 0.6) is 0 Å². The van der Waals surface area contributed by atoms with E-state index in [2.05, 4.69) is 69.6 Å². The summed E-state index contributed by atoms with van der Waals surface area (Å²) in [5.41, 5.74) is 12.4. The number of hydrogen-bond donors (Lipinski definition) is 0. The van der Waals surface area contributed by atoms with Crippen LogP contribution in [0.2, 0.25) is 0 Å². The van der Waals surface area contributed by atoms with Gasteiger partial charge in [0.05, 0.1) is 29.3 Å². The maximum Gasteiger partial charge on any atom is 0.145 e. The zero-order chi connectivity index (χ0) is 40.2. The number of nitrogens with zero attached hydrogens (tertiary/aromatic N) is 4. The van der Waals surface area contributed by atoms with Crippen LogP contribution in [0.3, 0.4) is 0 Å². The van der Waals surface area contributed by atoms with Gasteiger partial charge in [-0.15, -0.1) is 0 Å². The highest BCUT2D eigenvalue weighted by Crippen LogP contribution is 2.39. The van der Waals surface area contributed by atoms with Crippen molar-refractivity contribution in [2.24, 2.45) is 0 Å². The first-order chi connectivity index (χ1) is 28.8. The van der Waals surface area contributed by atoms with Crippen molar-refractivity contribution in [3.63, 3.8) is 0 Å². The number of rotatable bonds is 7. The molecule has 0 spiro atoms. The van der Waals surface area contributed by atoms with Gasteiger partial charge < -0.3 is 0 Å². The van der Waals surface area contributed by atoms with Crippen molar-refractivity contribution < 1.29 is 6.85 Å². The Balaban J connectivity index is 1.20. The third-order valence-corrected chi connectivity index (χ3v) is 9.80. The molecule has 54 heavy (non-hydrogen) atoms. The zero-order valence-corrected chi connectivity index (χ0v) is 29.0. The molecule has 0 aliphatic rings. The molecule has 0 radical (unpaired) electrons. The fourth-order valence-corrected chi connectivity index (χ4v) is 7.29. The molecule has 10 rings (SSSR count). The van der Waals surface area contributed by atoms with Crippen LogP contribution in [0.25, 0.3) is 89.7 Å². The van der Waals surface area contributed by atoms with E-state index in [0.717, 1.165) is 78.5 Å². The van der Waals surface area contributed by atoms with Crippen molar-refractivity contribution >= 4 is 16.7 Å². The number of para-hydroxylation sites is 1. The average Bonchev–Trinajstić information content (AvgIpc) is 3.88. The number of pyridine rings is 1. The molecule has 0 saturated carbocycles. The Labute approximate surface area is 321 Å². The predicted octanol–water partition coefficient (Wildman–Crippen LogP) is 12.7. The van der Waals surface area contributed by atoms with Crippen molar-refractivity contribution in [1.82, 2.24) is 18.9 Å². The summed E-state index contributed by atoms with van der Waals surface area (Å²) in [7, 11) is 0. The average molecular weight is 696 g/mol. The summed E-state index contributed by atoms with van der Waals surface area (Å²) in [6.07, 6.45) is 2.02. The number of benzene rings is 7. The van der Waals surface area contributed by atoms with Crippen molar-refractivity contribution in [3.8, 4) is 73.0 Å². The Morgan fingerprint density at radius 1 is 0.426 bits per heavy atom. The van der Waals surface area contributed by atoms with Gasteiger partial charge in [0.15, 0.2) is 0 Å². The molecule has 0 aliphatic heterocycles. The highest BCUT2D eigenvalue weighted by atomic mass is 15.1. The summed E-state index contributed by atoms with van der Waals surface area (Å²) in [5, 5.41) is 0. The van der Waals surface area contributed by atoms with E-state index in [1.165, 1.54) is 0 Å². The Bertz CT molecular complexity index is 3180. The summed E-state index contributed by atoms with van der Waals surface area (Å²) in [6.45, 7) is 0. The third kappa shape index (κ3) is 5.67. The topological polar surface area (TPSA) is 35.1 Å². The first-order valence-corrected chi connectivity index (χ1v) is 17.8. The second kappa shape index (κ2) is 13.4. The molecule has 3 aromatic heterocycles. The fraction of sp³-hybridized carbons (Fsp3) is 0. The van der Waals surface area contributed by atoms with Gasteiger partial charge in [-0.1, -0.05) is 139 Å². The Kier molecular flexibility index (Phi) is 6.54. The molecule has 0 bridgehead atoms. The van der Waals surface area contributed by atoms with Crippen molar-refractivity contribution in [3.05, 3.63) is 206 Å². The Hall–Kier alpha value is -7.30. The van der Waals surface area contributed by atoms with Gasteiger partial charge in [0, 0.05) is 28.6 Å². The van der Waals surface area contributed by atoms with E-state index in [0.29, 0.717) is 5.56 Å². The molecule has 0 atom stereocenters. The Morgan fingerprint density at radius 3 is 1.76 bits per heavy atom. The van der Waals surface area contributed by atoms with Crippen LogP contribution in [-0.4, -0.2) is 18.9 Å². The molecule has 0 amide bonds. The lowest BCUT2D eigenvalue weighted by molar-refractivity contribution is 1.10. The van der Waals surface area contributed by atoms with Gasteiger partial charge in [0.1, 0.15) is 11.5 Å². The van der Waals surface area contributed by atoms with E-state index >= 15 is 0 Å². The molecular formula is C50H34N4. The summed E-state index contributed by atoms with van der Waals surface area (Å²) < 4.78 is 47.5. The van der Waals surface area contributed by atoms with Gasteiger partial charge in [0.2, 0.25) is 0 Å². The molecule has 0 unspecified atom stereocenters. The van der Waals surface area contributed by atoms with Crippen LogP contribution in [0.15, 0.2) is 206 Å². The van der Waals surface area contributed by atoms with Crippen LogP contribution >= 0.6 is 0 Å². The molecular weight excluding hydrogens is 657 g/mol. The van der Waals surface area contributed by atoms with Gasteiger partial charge in [-0.05, 0) is 94.0 Å². The number of hydrogen-bond acceptors (Lipinski definition) is 2. The molecule has 0 saturated heterocycles. The van der Waals surface area contributed by atoms with Gasteiger partial charge in [-0.25, -0.2) is 9.97 Å². The van der Waals surface area contributed by atoms with E-state index < -0.39 is 6.04 Å². The lowest BCUT2D eigenvalue weighted by Gasteiger charge is -2.14. The minimum absolute atomic E-state index is 0.144. The lowest BCUT2D eigenvalue weighted by atomic mass is 9.92. The van der Waals surface area contributed by atoms with Crippen molar-refractivity contribution in [2.75, 3.05) is 0 Å². The summed E-state index contributed by atoms with van der Waals surface area (Å²) in [6, 6.07) is 55.1. The number of fused-ring (bicyclic) bond motifs is 2. The normalized spacial score (nSPS) is 12.6. The van der Waals surface area contributed by atoms with E-state index in [4.69, 9.17) is 16.8 Å². The minimum atomic E-state index is -0.427. The minimum Gasteiger partial charge on any atom is -0.299 e. The largest absolute Gasteiger partial charge is 0.299 e. The van der Waals surface area contributed by atoms with E-state index in [-0.39, 0.29) is 29.7 Å². The molecule has 3 heterocycles. The predicted molar refractivity (Wildman–Crippen MR) is 222 cm³/mol. The van der Waals surface area contributed by atoms with Gasteiger partial charge in [-0.2, -0.15) is 0 Å². The highest BCUT2D eigenvalue weighted by Gasteiger charge is 2.18. The van der Waals surface area contributed by atoms with Crippen LogP contribution in [-0.2, 0) is 0 Å². The van der Waals surface area contributed by atoms with Gasteiger partial charge in [0.25, 0.3) is 0 Å². The first-order valence-electron chi connectivity index (χ1n) is 20.3. The second-order valence-electron chi connectivity index (χ2n) is 13.2. The number of imidazole rings is 2. The van der Waals surface area contributed by atoms with Crippen LogP contribution < -0.4 is 0 Å².